The predicted molar refractivity (Wildman–Crippen MR) is 79.8 cm³/mol. The number of hydrogen-bond donors (Lipinski definition) is 1. The molecular weight excluding hydrogens is 267 g/mol. The highest BCUT2D eigenvalue weighted by Crippen LogP contribution is 2.35. The fourth-order valence-corrected chi connectivity index (χ4v) is 2.82. The molecule has 1 N–H and O–H groups in total. The van der Waals surface area contributed by atoms with Gasteiger partial charge in [-0.25, -0.2) is 14.4 Å². The second-order valence-electron chi connectivity index (χ2n) is 5.35. The predicted octanol–water partition coefficient (Wildman–Crippen LogP) is 3.30. The molecule has 1 aliphatic rings. The summed E-state index contributed by atoms with van der Waals surface area (Å²) in [7, 11) is 0. The average Bonchev–Trinajstić information content (AvgIpc) is 2.54. The monoisotopic (exact) mass is 286 g/mol. The number of halogens is 1. The van der Waals surface area contributed by atoms with Gasteiger partial charge in [0.15, 0.2) is 5.82 Å². The van der Waals surface area contributed by atoms with E-state index in [1.165, 1.54) is 11.8 Å². The fourth-order valence-electron chi connectivity index (χ4n) is 2.82. The molecule has 3 rings (SSSR count). The number of hydrogen-bond acceptors (Lipinski definition) is 4. The van der Waals surface area contributed by atoms with Gasteiger partial charge in [0.05, 0.1) is 17.6 Å². The lowest BCUT2D eigenvalue weighted by Gasteiger charge is -2.24. The molecule has 2 aromatic heterocycles. The Balaban J connectivity index is 1.97. The molecule has 0 saturated carbocycles. The van der Waals surface area contributed by atoms with Crippen LogP contribution in [0, 0.1) is 5.82 Å². The first kappa shape index (κ1) is 13.9. The number of fused-ring (bicyclic) bond motifs is 1. The smallest absolute Gasteiger partial charge is 0.223 e. The third kappa shape index (κ3) is 2.86. The zero-order valence-electron chi connectivity index (χ0n) is 12.1. The minimum atomic E-state index is -0.347. The fraction of sp³-hybridized carbons (Fsp3) is 0.438. The molecule has 0 saturated heterocycles. The summed E-state index contributed by atoms with van der Waals surface area (Å²) in [6.45, 7) is 2.85. The minimum absolute atomic E-state index is 0.0693. The van der Waals surface area contributed by atoms with Crippen LogP contribution >= 0.6 is 0 Å². The number of anilines is 1. The van der Waals surface area contributed by atoms with Crippen LogP contribution in [0.2, 0.25) is 0 Å². The van der Waals surface area contributed by atoms with Crippen molar-refractivity contribution in [1.29, 1.82) is 0 Å². The van der Waals surface area contributed by atoms with Crippen molar-refractivity contribution in [2.45, 2.75) is 38.5 Å². The Labute approximate surface area is 123 Å². The van der Waals surface area contributed by atoms with Crippen LogP contribution in [0.5, 0.6) is 0 Å². The van der Waals surface area contributed by atoms with Gasteiger partial charge >= 0.3 is 0 Å². The van der Waals surface area contributed by atoms with Crippen molar-refractivity contribution in [1.82, 2.24) is 15.0 Å². The van der Waals surface area contributed by atoms with E-state index in [4.69, 9.17) is 0 Å². The van der Waals surface area contributed by atoms with Gasteiger partial charge < -0.3 is 5.32 Å². The third-order valence-corrected chi connectivity index (χ3v) is 3.83. The first-order valence-electron chi connectivity index (χ1n) is 7.49. The molecule has 1 aliphatic carbocycles. The summed E-state index contributed by atoms with van der Waals surface area (Å²) in [6.07, 6.45) is 6.93. The maximum atomic E-state index is 14.2. The molecule has 0 amide bonds. The van der Waals surface area contributed by atoms with Crippen molar-refractivity contribution in [3.63, 3.8) is 0 Å². The van der Waals surface area contributed by atoms with Crippen molar-refractivity contribution >= 4 is 5.95 Å². The van der Waals surface area contributed by atoms with Gasteiger partial charge in [-0.15, -0.1) is 0 Å². The van der Waals surface area contributed by atoms with Crippen LogP contribution in [0.3, 0.4) is 0 Å². The van der Waals surface area contributed by atoms with Crippen molar-refractivity contribution in [3.05, 3.63) is 47.3 Å². The topological polar surface area (TPSA) is 50.7 Å². The van der Waals surface area contributed by atoms with Crippen molar-refractivity contribution in [2.24, 2.45) is 0 Å². The molecule has 0 aliphatic heterocycles. The maximum absolute atomic E-state index is 14.2. The average molecular weight is 286 g/mol. The van der Waals surface area contributed by atoms with E-state index in [1.54, 1.807) is 6.20 Å². The van der Waals surface area contributed by atoms with Crippen molar-refractivity contribution in [3.8, 4) is 0 Å². The Morgan fingerprint density at radius 3 is 3.10 bits per heavy atom. The van der Waals surface area contributed by atoms with Gasteiger partial charge in [-0.1, -0.05) is 13.0 Å². The Morgan fingerprint density at radius 2 is 2.24 bits per heavy atom. The van der Waals surface area contributed by atoms with E-state index in [-0.39, 0.29) is 11.7 Å². The zero-order valence-corrected chi connectivity index (χ0v) is 12.1. The third-order valence-electron chi connectivity index (χ3n) is 3.83. The van der Waals surface area contributed by atoms with E-state index in [0.717, 1.165) is 37.9 Å². The normalized spacial score (nSPS) is 17.3. The highest BCUT2D eigenvalue weighted by molar-refractivity contribution is 5.35. The molecule has 5 heteroatoms. The van der Waals surface area contributed by atoms with Crippen LogP contribution in [0.25, 0.3) is 0 Å². The molecule has 0 bridgehead atoms. The number of pyridine rings is 1. The van der Waals surface area contributed by atoms with Gasteiger partial charge in [-0.2, -0.15) is 0 Å². The molecule has 2 aromatic rings. The molecule has 110 valence electrons. The molecule has 1 atom stereocenters. The number of nitrogens with zero attached hydrogens (tertiary/aromatic N) is 3. The van der Waals surface area contributed by atoms with Crippen molar-refractivity contribution < 1.29 is 4.39 Å². The molecule has 0 spiro atoms. The minimum Gasteiger partial charge on any atom is -0.354 e. The van der Waals surface area contributed by atoms with Crippen LogP contribution in [-0.2, 0) is 6.42 Å². The van der Waals surface area contributed by atoms with Gasteiger partial charge in [0, 0.05) is 18.7 Å². The maximum Gasteiger partial charge on any atom is 0.223 e. The number of aromatic nitrogens is 3. The van der Waals surface area contributed by atoms with Gasteiger partial charge in [-0.05, 0) is 37.3 Å². The molecule has 0 aromatic carbocycles. The Morgan fingerprint density at radius 1 is 1.33 bits per heavy atom. The van der Waals surface area contributed by atoms with Gasteiger partial charge in [0.2, 0.25) is 5.95 Å². The molecule has 4 nitrogen and oxygen atoms in total. The largest absolute Gasteiger partial charge is 0.354 e. The van der Waals surface area contributed by atoms with Gasteiger partial charge in [-0.3, -0.25) is 4.98 Å². The lowest BCUT2D eigenvalue weighted by molar-refractivity contribution is 0.531. The van der Waals surface area contributed by atoms with Crippen LogP contribution in [-0.4, -0.2) is 21.5 Å². The molecule has 2 heterocycles. The lowest BCUT2D eigenvalue weighted by Crippen LogP contribution is -2.17. The first-order valence-corrected chi connectivity index (χ1v) is 7.49. The molecule has 0 fully saturated rings. The van der Waals surface area contributed by atoms with E-state index in [1.807, 2.05) is 6.07 Å². The van der Waals surface area contributed by atoms with E-state index in [0.29, 0.717) is 11.6 Å². The summed E-state index contributed by atoms with van der Waals surface area (Å²) >= 11 is 0. The van der Waals surface area contributed by atoms with Crippen LogP contribution < -0.4 is 5.32 Å². The molecule has 1 unspecified atom stereocenters. The molecule has 21 heavy (non-hydrogen) atoms. The van der Waals surface area contributed by atoms with Crippen molar-refractivity contribution in [2.75, 3.05) is 11.9 Å². The second-order valence-corrected chi connectivity index (χ2v) is 5.35. The highest BCUT2D eigenvalue weighted by atomic mass is 19.1. The van der Waals surface area contributed by atoms with Crippen LogP contribution in [0.15, 0.2) is 24.5 Å². The van der Waals surface area contributed by atoms with Gasteiger partial charge in [0.1, 0.15) is 0 Å². The number of aryl methyl sites for hydroxylation is 1. The molecule has 0 radical (unpaired) electrons. The zero-order chi connectivity index (χ0) is 14.7. The van der Waals surface area contributed by atoms with Gasteiger partial charge in [0.25, 0.3) is 0 Å². The number of rotatable bonds is 4. The van der Waals surface area contributed by atoms with E-state index < -0.39 is 0 Å². The van der Waals surface area contributed by atoms with E-state index in [9.17, 15) is 4.39 Å². The Kier molecular flexibility index (Phi) is 4.08. The summed E-state index contributed by atoms with van der Waals surface area (Å²) in [5, 5.41) is 3.12. The Bertz CT molecular complexity index is 629. The summed E-state index contributed by atoms with van der Waals surface area (Å²) in [5.41, 5.74) is 2.63. The second kappa shape index (κ2) is 6.16. The summed E-state index contributed by atoms with van der Waals surface area (Å²) < 4.78 is 14.2. The SMILES string of the molecule is CCCNc1ncc(F)c(C2CCCc3cccnc32)n1. The quantitative estimate of drug-likeness (QED) is 0.937. The lowest BCUT2D eigenvalue weighted by atomic mass is 9.84. The highest BCUT2D eigenvalue weighted by Gasteiger charge is 2.27. The summed E-state index contributed by atoms with van der Waals surface area (Å²) in [6, 6.07) is 4.01. The summed E-state index contributed by atoms with van der Waals surface area (Å²) in [5.74, 6) is 0.0805. The van der Waals surface area contributed by atoms with Crippen LogP contribution in [0.1, 0.15) is 49.1 Å². The first-order chi connectivity index (χ1) is 10.3. The van der Waals surface area contributed by atoms with Crippen LogP contribution in [0.4, 0.5) is 10.3 Å². The Hall–Kier alpha value is -2.04. The molecular formula is C16H19FN4. The van der Waals surface area contributed by atoms with E-state index >= 15 is 0 Å². The number of nitrogens with one attached hydrogen (secondary N) is 1. The standard InChI is InChI=1S/C16H19FN4/c1-2-8-19-16-20-10-13(17)15(21-16)12-7-3-5-11-6-4-9-18-14(11)12/h4,6,9-10,12H,2-3,5,7-8H2,1H3,(H,19,20,21). The van der Waals surface area contributed by atoms with E-state index in [2.05, 4.69) is 33.3 Å². The summed E-state index contributed by atoms with van der Waals surface area (Å²) in [4.78, 5) is 12.9.